The lowest BCUT2D eigenvalue weighted by Gasteiger charge is -2.21. The molecule has 0 saturated heterocycles. The molecule has 8 nitrogen and oxygen atoms in total. The summed E-state index contributed by atoms with van der Waals surface area (Å²) in [6, 6.07) is 107. The first kappa shape index (κ1) is 52.1. The van der Waals surface area contributed by atoms with Crippen molar-refractivity contribution in [3.8, 4) is 45.3 Å². The Bertz CT molecular complexity index is 6150. The summed E-state index contributed by atoms with van der Waals surface area (Å²) >= 11 is 0. The zero-order valence-corrected chi connectivity index (χ0v) is 51.3. The van der Waals surface area contributed by atoms with Crippen LogP contribution in [0.5, 0.6) is 0 Å². The summed E-state index contributed by atoms with van der Waals surface area (Å²) in [6.07, 6.45) is 0. The molecule has 0 spiro atoms. The number of rotatable bonds is 7. The van der Waals surface area contributed by atoms with Crippen molar-refractivity contribution >= 4 is 137 Å². The Balaban J connectivity index is 0.965. The van der Waals surface area contributed by atoms with E-state index in [0.29, 0.717) is 5.69 Å². The van der Waals surface area contributed by atoms with E-state index in [2.05, 4.69) is 323 Å². The molecule has 0 fully saturated rings. The molecule has 0 aliphatic rings. The Labute approximate surface area is 538 Å². The molecular formula is C86H54N8. The van der Waals surface area contributed by atoms with Gasteiger partial charge in [-0.1, -0.05) is 170 Å². The molecular weight excluding hydrogens is 1150 g/mol. The van der Waals surface area contributed by atoms with Gasteiger partial charge in [0.2, 0.25) is 0 Å². The number of pyridine rings is 1. The number of benzene rings is 13. The lowest BCUT2D eigenvalue weighted by molar-refractivity contribution is 1.08. The Morgan fingerprint density at radius 1 is 0.245 bits per heavy atom. The van der Waals surface area contributed by atoms with Crippen LogP contribution in [0.3, 0.4) is 0 Å². The number of fused-ring (bicyclic) bond motifs is 18. The van der Waals surface area contributed by atoms with Crippen LogP contribution in [-0.4, -0.2) is 32.4 Å². The largest absolute Gasteiger partial charge is 0.309 e. The maximum absolute atomic E-state index is 9.32. The quantitative estimate of drug-likeness (QED) is 0.147. The summed E-state index contributed by atoms with van der Waals surface area (Å²) in [6.45, 7) is 13.4. The fraction of sp³-hybridized carbons (Fsp3) is 0.0233. The lowest BCUT2D eigenvalue weighted by atomic mass is 10.0. The highest BCUT2D eigenvalue weighted by atomic mass is 15.1. The van der Waals surface area contributed by atoms with Gasteiger partial charge in [0.15, 0.2) is 5.69 Å². The Morgan fingerprint density at radius 2 is 0.479 bits per heavy atom. The van der Waals surface area contributed by atoms with Crippen molar-refractivity contribution < 1.29 is 0 Å². The van der Waals surface area contributed by atoms with Gasteiger partial charge in [-0.15, -0.1) is 0 Å². The van der Waals surface area contributed by atoms with Crippen LogP contribution in [0.1, 0.15) is 11.4 Å². The zero-order chi connectivity index (χ0) is 62.0. The molecule has 0 N–H and O–H groups in total. The Hall–Kier alpha value is -12.7. The molecule has 0 saturated carbocycles. The fourth-order valence-corrected chi connectivity index (χ4v) is 16.1. The molecule has 8 heteroatoms. The molecule has 0 radical (unpaired) electrons. The molecule has 7 heterocycles. The Kier molecular flexibility index (Phi) is 10.9. The summed E-state index contributed by atoms with van der Waals surface area (Å²) in [5.41, 5.74) is 23.1. The van der Waals surface area contributed by atoms with Crippen LogP contribution in [0, 0.1) is 20.4 Å². The maximum atomic E-state index is 9.32. The molecule has 94 heavy (non-hydrogen) atoms. The average Bonchev–Trinajstić information content (AvgIpc) is 1.55. The van der Waals surface area contributed by atoms with Gasteiger partial charge >= 0.3 is 0 Å². The first-order valence-corrected chi connectivity index (χ1v) is 32.0. The second-order valence-corrected chi connectivity index (χ2v) is 25.1. The van der Waals surface area contributed by atoms with E-state index in [4.69, 9.17) is 4.98 Å². The van der Waals surface area contributed by atoms with Gasteiger partial charge in [-0.2, -0.15) is 0 Å². The smallest absolute Gasteiger partial charge is 0.197 e. The van der Waals surface area contributed by atoms with E-state index >= 15 is 0 Å². The van der Waals surface area contributed by atoms with Gasteiger partial charge in [0, 0.05) is 98.8 Å². The van der Waals surface area contributed by atoms with Crippen molar-refractivity contribution in [1.82, 2.24) is 32.4 Å². The van der Waals surface area contributed by atoms with E-state index in [1.54, 1.807) is 0 Å². The SMILES string of the molecule is [C-]#[N+]c1cc(-n2c3cc(-n4c5ccccc5c5ccccc54)ccc3c3ccc(-n4c5ccccc5c5ccccc54)cc32)c(-n2c3cc(-n4c5ccccc5c5ccccc54)ccc3c3ccc(-n4c5ccccc5c5ccccc54)cc32)cc1-c1cc(C)nc(C)c1. The van der Waals surface area contributed by atoms with E-state index in [-0.39, 0.29) is 0 Å². The first-order valence-electron chi connectivity index (χ1n) is 32.0. The summed E-state index contributed by atoms with van der Waals surface area (Å²) in [7, 11) is 0. The van der Waals surface area contributed by atoms with Crippen LogP contribution < -0.4 is 0 Å². The highest BCUT2D eigenvalue weighted by Gasteiger charge is 2.27. The molecule has 20 rings (SSSR count). The van der Waals surface area contributed by atoms with Gasteiger partial charge in [0.05, 0.1) is 84.1 Å². The van der Waals surface area contributed by atoms with E-state index in [1.807, 2.05) is 13.8 Å². The van der Waals surface area contributed by atoms with Crippen molar-refractivity contribution in [2.24, 2.45) is 0 Å². The Morgan fingerprint density at radius 3 is 0.734 bits per heavy atom. The van der Waals surface area contributed by atoms with E-state index in [9.17, 15) is 6.57 Å². The number of para-hydroxylation sites is 8. The molecule has 0 bridgehead atoms. The molecule has 438 valence electrons. The standard InChI is InChI=1S/C86H54N8/c1-52-44-54(45-53(2)88-52)71-50-85(93-81-46-55(89-73-28-12-4-20-59(73)60-21-5-13-29-74(60)89)36-40-67(81)68-41-37-56(47-82(68)93)90-75-30-14-6-22-61(75)62-23-7-15-31-76(62)90)86(51-72(71)87-3)94-83-48-57(91-77-32-16-8-24-63(77)64-25-9-17-33-78(64)91)38-42-69(83)70-43-39-58(49-84(70)94)92-79-34-18-10-26-65(79)66-27-11-19-35-80(66)92/h4-51H,1-2H3. The minimum absolute atomic E-state index is 0.536. The van der Waals surface area contributed by atoms with Crippen molar-refractivity contribution in [1.29, 1.82) is 0 Å². The van der Waals surface area contributed by atoms with Crippen LogP contribution in [0.15, 0.2) is 291 Å². The second kappa shape index (κ2) is 19.7. The van der Waals surface area contributed by atoms with Crippen molar-refractivity contribution in [3.63, 3.8) is 0 Å². The summed E-state index contributed by atoms with van der Waals surface area (Å²) < 4.78 is 14.7. The van der Waals surface area contributed by atoms with Crippen molar-refractivity contribution in [3.05, 3.63) is 314 Å². The summed E-state index contributed by atoms with van der Waals surface area (Å²) in [5, 5.41) is 14.0. The molecule has 0 unspecified atom stereocenters. The van der Waals surface area contributed by atoms with Gasteiger partial charge in [-0.25, -0.2) is 4.85 Å². The maximum Gasteiger partial charge on any atom is 0.197 e. The summed E-state index contributed by atoms with van der Waals surface area (Å²) in [5.74, 6) is 0. The van der Waals surface area contributed by atoms with Crippen molar-refractivity contribution in [2.45, 2.75) is 13.8 Å². The number of aryl methyl sites for hydroxylation is 2. The molecule has 20 aromatic rings. The topological polar surface area (TPSA) is 46.8 Å². The number of hydrogen-bond donors (Lipinski definition) is 0. The number of hydrogen-bond acceptors (Lipinski definition) is 1. The second-order valence-electron chi connectivity index (χ2n) is 25.1. The van der Waals surface area contributed by atoms with Gasteiger partial charge in [0.25, 0.3) is 0 Å². The molecule has 0 aliphatic carbocycles. The molecule has 7 aromatic heterocycles. The fourth-order valence-electron chi connectivity index (χ4n) is 16.1. The first-order chi connectivity index (χ1) is 46.4. The van der Waals surface area contributed by atoms with Gasteiger partial charge in [-0.05, 0) is 146 Å². The highest BCUT2D eigenvalue weighted by molar-refractivity contribution is 6.17. The molecule has 0 atom stereocenters. The van der Waals surface area contributed by atoms with Crippen LogP contribution in [0.2, 0.25) is 0 Å². The molecule has 13 aromatic carbocycles. The number of aromatic nitrogens is 7. The summed E-state index contributed by atoms with van der Waals surface area (Å²) in [4.78, 5) is 9.43. The molecule has 0 aliphatic heterocycles. The van der Waals surface area contributed by atoms with E-state index in [0.717, 1.165) is 144 Å². The third-order valence-corrected chi connectivity index (χ3v) is 19.9. The van der Waals surface area contributed by atoms with Crippen LogP contribution in [0.25, 0.3) is 181 Å². The van der Waals surface area contributed by atoms with E-state index in [1.165, 1.54) is 43.1 Å². The van der Waals surface area contributed by atoms with Gasteiger partial charge < -0.3 is 27.4 Å². The minimum atomic E-state index is 0.536. The minimum Gasteiger partial charge on any atom is -0.309 e. The van der Waals surface area contributed by atoms with E-state index < -0.39 is 0 Å². The molecule has 0 amide bonds. The lowest BCUT2D eigenvalue weighted by Crippen LogP contribution is -2.06. The predicted molar refractivity (Wildman–Crippen MR) is 391 cm³/mol. The van der Waals surface area contributed by atoms with Crippen molar-refractivity contribution in [2.75, 3.05) is 0 Å². The van der Waals surface area contributed by atoms with Gasteiger partial charge in [0.1, 0.15) is 0 Å². The van der Waals surface area contributed by atoms with Crippen LogP contribution >= 0.6 is 0 Å². The third kappa shape index (κ3) is 7.34. The normalized spacial score (nSPS) is 12.1. The predicted octanol–water partition coefficient (Wildman–Crippen LogP) is 22.5. The van der Waals surface area contributed by atoms with Crippen LogP contribution in [-0.2, 0) is 0 Å². The average molecular weight is 1200 g/mol. The van der Waals surface area contributed by atoms with Gasteiger partial charge in [-0.3, -0.25) is 4.98 Å². The third-order valence-electron chi connectivity index (χ3n) is 19.9. The number of nitrogens with zero attached hydrogens (tertiary/aromatic N) is 8. The zero-order valence-electron chi connectivity index (χ0n) is 51.3. The highest BCUT2D eigenvalue weighted by Crippen LogP contribution is 2.47. The van der Waals surface area contributed by atoms with Crippen LogP contribution in [0.4, 0.5) is 5.69 Å². The monoisotopic (exact) mass is 1200 g/mol.